The van der Waals surface area contributed by atoms with Gasteiger partial charge in [0.05, 0.1) is 5.57 Å². The highest BCUT2D eigenvalue weighted by Gasteiger charge is 2.19. The predicted molar refractivity (Wildman–Crippen MR) is 144 cm³/mol. The van der Waals surface area contributed by atoms with E-state index in [4.69, 9.17) is 4.74 Å². The molecule has 1 heterocycles. The van der Waals surface area contributed by atoms with Gasteiger partial charge in [-0.25, -0.2) is 0 Å². The van der Waals surface area contributed by atoms with E-state index in [1.807, 2.05) is 42.5 Å². The average molecular weight is 502 g/mol. The second-order valence-corrected chi connectivity index (χ2v) is 9.43. The number of carbonyl (C=O) groups is 2. The number of hydrogen-bond donors (Lipinski definition) is 2. The SMILES string of the molecule is CC1CCCCN1CCCNC(=O)/C(=C/N(O)C(=O)c1ccccc1)COc1cccc2ccccc12. The van der Waals surface area contributed by atoms with Gasteiger partial charge in [-0.15, -0.1) is 0 Å². The van der Waals surface area contributed by atoms with Crippen LogP contribution in [0, 0.1) is 0 Å². The lowest BCUT2D eigenvalue weighted by Gasteiger charge is -2.33. The van der Waals surface area contributed by atoms with Gasteiger partial charge in [-0.3, -0.25) is 14.8 Å². The first-order valence-electron chi connectivity index (χ1n) is 12.9. The monoisotopic (exact) mass is 501 g/mol. The summed E-state index contributed by atoms with van der Waals surface area (Å²) in [6, 6.07) is 22.5. The minimum Gasteiger partial charge on any atom is -0.488 e. The van der Waals surface area contributed by atoms with Crippen molar-refractivity contribution in [2.75, 3.05) is 26.2 Å². The maximum Gasteiger partial charge on any atom is 0.281 e. The third-order valence-corrected chi connectivity index (χ3v) is 6.78. The molecule has 0 radical (unpaired) electrons. The Hall–Kier alpha value is -3.68. The molecule has 1 fully saturated rings. The Kier molecular flexibility index (Phi) is 9.29. The fourth-order valence-electron chi connectivity index (χ4n) is 4.65. The number of fused-ring (bicyclic) bond motifs is 1. The minimum absolute atomic E-state index is 0.109. The summed E-state index contributed by atoms with van der Waals surface area (Å²) in [5, 5.41) is 15.8. The summed E-state index contributed by atoms with van der Waals surface area (Å²) in [6.45, 7) is 4.66. The minimum atomic E-state index is -0.629. The quantitative estimate of drug-likeness (QED) is 0.177. The number of likely N-dealkylation sites (tertiary alicyclic amines) is 1. The molecule has 3 aromatic carbocycles. The Morgan fingerprint density at radius 3 is 2.62 bits per heavy atom. The summed E-state index contributed by atoms with van der Waals surface area (Å²) in [5.41, 5.74) is 0.456. The first-order valence-corrected chi connectivity index (χ1v) is 12.9. The number of benzene rings is 3. The van der Waals surface area contributed by atoms with Gasteiger partial charge in [-0.05, 0) is 56.3 Å². The van der Waals surface area contributed by atoms with Crippen LogP contribution in [-0.2, 0) is 4.79 Å². The maximum atomic E-state index is 13.1. The van der Waals surface area contributed by atoms with Crippen LogP contribution >= 0.6 is 0 Å². The second kappa shape index (κ2) is 13.0. The van der Waals surface area contributed by atoms with Crippen molar-refractivity contribution in [1.29, 1.82) is 0 Å². The highest BCUT2D eigenvalue weighted by atomic mass is 16.5. The van der Waals surface area contributed by atoms with Crippen LogP contribution in [0.3, 0.4) is 0 Å². The number of hydrogen-bond acceptors (Lipinski definition) is 5. The van der Waals surface area contributed by atoms with Crippen LogP contribution in [0.25, 0.3) is 10.8 Å². The molecule has 0 aliphatic carbocycles. The highest BCUT2D eigenvalue weighted by Crippen LogP contribution is 2.25. The fraction of sp³-hybridized carbons (Fsp3) is 0.333. The smallest absolute Gasteiger partial charge is 0.281 e. The van der Waals surface area contributed by atoms with Crippen LogP contribution in [0.4, 0.5) is 0 Å². The van der Waals surface area contributed by atoms with Gasteiger partial charge < -0.3 is 15.0 Å². The molecule has 194 valence electrons. The van der Waals surface area contributed by atoms with Gasteiger partial charge in [0.25, 0.3) is 11.8 Å². The van der Waals surface area contributed by atoms with Crippen molar-refractivity contribution < 1.29 is 19.5 Å². The van der Waals surface area contributed by atoms with Crippen LogP contribution in [0.1, 0.15) is 43.0 Å². The molecule has 0 spiro atoms. The van der Waals surface area contributed by atoms with E-state index in [-0.39, 0.29) is 18.1 Å². The molecule has 1 saturated heterocycles. The molecule has 2 amide bonds. The van der Waals surface area contributed by atoms with Crippen molar-refractivity contribution in [2.45, 2.75) is 38.6 Å². The third kappa shape index (κ3) is 7.18. The molecule has 7 nitrogen and oxygen atoms in total. The van der Waals surface area contributed by atoms with E-state index in [1.165, 1.54) is 19.3 Å². The van der Waals surface area contributed by atoms with Gasteiger partial charge in [-0.1, -0.05) is 61.0 Å². The van der Waals surface area contributed by atoms with Crippen molar-refractivity contribution in [3.05, 3.63) is 90.1 Å². The third-order valence-electron chi connectivity index (χ3n) is 6.78. The molecule has 1 unspecified atom stereocenters. The number of nitrogens with one attached hydrogen (secondary N) is 1. The van der Waals surface area contributed by atoms with Gasteiger partial charge >= 0.3 is 0 Å². The lowest BCUT2D eigenvalue weighted by Crippen LogP contribution is -2.39. The standard InChI is InChI=1S/C30H35N3O4/c1-23-11-7-8-19-32(23)20-10-18-31-29(34)26(21-33(36)30(35)25-13-3-2-4-14-25)22-37-28-17-9-15-24-12-5-6-16-27(24)28/h2-6,9,12-17,21,23,36H,7-8,10-11,18-20,22H2,1H3,(H,31,34)/b26-21+. The summed E-state index contributed by atoms with van der Waals surface area (Å²) >= 11 is 0. The molecule has 2 N–H and O–H groups in total. The van der Waals surface area contributed by atoms with Gasteiger partial charge in [-0.2, -0.15) is 5.06 Å². The molecule has 37 heavy (non-hydrogen) atoms. The zero-order valence-electron chi connectivity index (χ0n) is 21.3. The van der Waals surface area contributed by atoms with Crippen LogP contribution in [0.2, 0.25) is 0 Å². The molecule has 1 atom stereocenters. The maximum absolute atomic E-state index is 13.1. The molecular formula is C30H35N3O4. The largest absolute Gasteiger partial charge is 0.488 e. The first kappa shape index (κ1) is 26.4. The van der Waals surface area contributed by atoms with E-state index in [0.29, 0.717) is 29.0 Å². The van der Waals surface area contributed by atoms with Gasteiger partial charge in [0.15, 0.2) is 0 Å². The molecule has 4 rings (SSSR count). The average Bonchev–Trinajstić information content (AvgIpc) is 2.94. The molecular weight excluding hydrogens is 466 g/mol. The van der Waals surface area contributed by atoms with Gasteiger partial charge in [0.1, 0.15) is 12.4 Å². The lowest BCUT2D eigenvalue weighted by atomic mass is 10.0. The number of nitrogens with zero attached hydrogens (tertiary/aromatic N) is 2. The van der Waals surface area contributed by atoms with Crippen molar-refractivity contribution in [1.82, 2.24) is 15.3 Å². The van der Waals surface area contributed by atoms with Crippen LogP contribution in [0.5, 0.6) is 5.75 Å². The highest BCUT2D eigenvalue weighted by molar-refractivity contribution is 5.97. The Bertz CT molecular complexity index is 1220. The summed E-state index contributed by atoms with van der Waals surface area (Å²) in [7, 11) is 0. The zero-order chi connectivity index (χ0) is 26.0. The first-order chi connectivity index (χ1) is 18.0. The van der Waals surface area contributed by atoms with E-state index >= 15 is 0 Å². The number of carbonyl (C=O) groups excluding carboxylic acids is 2. The van der Waals surface area contributed by atoms with Crippen LogP contribution in [-0.4, -0.2) is 59.3 Å². The van der Waals surface area contributed by atoms with Crippen molar-refractivity contribution in [3.63, 3.8) is 0 Å². The second-order valence-electron chi connectivity index (χ2n) is 9.43. The topological polar surface area (TPSA) is 82.1 Å². The van der Waals surface area contributed by atoms with E-state index in [9.17, 15) is 14.8 Å². The van der Waals surface area contributed by atoms with E-state index in [2.05, 4.69) is 17.1 Å². The Morgan fingerprint density at radius 2 is 1.81 bits per heavy atom. The summed E-state index contributed by atoms with van der Waals surface area (Å²) in [4.78, 5) is 28.2. The Balaban J connectivity index is 1.44. The van der Waals surface area contributed by atoms with Gasteiger partial charge in [0, 0.05) is 36.3 Å². The van der Waals surface area contributed by atoms with E-state index < -0.39 is 5.91 Å². The molecule has 3 aromatic rings. The number of hydroxylamine groups is 2. The summed E-state index contributed by atoms with van der Waals surface area (Å²) in [5.74, 6) is -0.392. The number of ether oxygens (including phenoxy) is 1. The van der Waals surface area contributed by atoms with Crippen molar-refractivity contribution in [2.24, 2.45) is 0 Å². The van der Waals surface area contributed by atoms with Crippen LogP contribution < -0.4 is 10.1 Å². The van der Waals surface area contributed by atoms with Crippen LogP contribution in [0.15, 0.2) is 84.6 Å². The Morgan fingerprint density at radius 1 is 1.05 bits per heavy atom. The molecule has 0 bridgehead atoms. The molecule has 1 aliphatic heterocycles. The normalized spacial score (nSPS) is 16.4. The van der Waals surface area contributed by atoms with Crippen molar-refractivity contribution in [3.8, 4) is 5.75 Å². The molecule has 0 aromatic heterocycles. The number of rotatable bonds is 10. The summed E-state index contributed by atoms with van der Waals surface area (Å²) < 4.78 is 6.02. The van der Waals surface area contributed by atoms with E-state index in [0.717, 1.165) is 36.5 Å². The van der Waals surface area contributed by atoms with E-state index in [1.54, 1.807) is 30.3 Å². The zero-order valence-corrected chi connectivity index (χ0v) is 21.3. The number of piperidine rings is 1. The molecule has 7 heteroatoms. The lowest BCUT2D eigenvalue weighted by molar-refractivity contribution is -0.118. The predicted octanol–water partition coefficient (Wildman–Crippen LogP) is 5.01. The molecule has 1 aliphatic rings. The van der Waals surface area contributed by atoms with Gasteiger partial charge in [0.2, 0.25) is 0 Å². The summed E-state index contributed by atoms with van der Waals surface area (Å²) in [6.07, 6.45) is 5.67. The van der Waals surface area contributed by atoms with Crippen molar-refractivity contribution >= 4 is 22.6 Å². The molecule has 0 saturated carbocycles. The fourth-order valence-corrected chi connectivity index (χ4v) is 4.65. The Labute approximate surface area is 218 Å². The number of amides is 2.